The van der Waals surface area contributed by atoms with Gasteiger partial charge in [0.2, 0.25) is 5.91 Å². The third-order valence-electron chi connectivity index (χ3n) is 3.92. The first-order chi connectivity index (χ1) is 13.4. The second-order valence-corrected chi connectivity index (χ2v) is 9.55. The van der Waals surface area contributed by atoms with E-state index >= 15 is 0 Å². The molecular formula is C19H18ClN3O2S3. The molecule has 1 unspecified atom stereocenters. The Bertz CT molecular complexity index is 1050. The normalized spacial score (nSPS) is 11.9. The molecule has 0 aliphatic heterocycles. The van der Waals surface area contributed by atoms with Gasteiger partial charge < -0.3 is 10.1 Å². The molecule has 1 amide bonds. The molecule has 0 spiro atoms. The van der Waals surface area contributed by atoms with Gasteiger partial charge in [0.25, 0.3) is 0 Å². The summed E-state index contributed by atoms with van der Waals surface area (Å²) in [6, 6.07) is 13.2. The van der Waals surface area contributed by atoms with Crippen molar-refractivity contribution < 1.29 is 9.53 Å². The molecule has 2 aromatic carbocycles. The fourth-order valence-corrected chi connectivity index (χ4v) is 5.07. The van der Waals surface area contributed by atoms with Crippen molar-refractivity contribution >= 4 is 58.5 Å². The van der Waals surface area contributed by atoms with Gasteiger partial charge in [-0.1, -0.05) is 52.9 Å². The number of nitrogens with zero attached hydrogens (tertiary/aromatic N) is 2. The Hall–Kier alpha value is -1.87. The smallest absolute Gasteiger partial charge is 0.237 e. The maximum Gasteiger partial charge on any atom is 0.237 e. The molecule has 1 atom stereocenters. The summed E-state index contributed by atoms with van der Waals surface area (Å²) in [6.45, 7) is 3.70. The summed E-state index contributed by atoms with van der Waals surface area (Å²) in [4.78, 5) is 12.7. The largest absolute Gasteiger partial charge is 0.495 e. The third kappa shape index (κ3) is 4.75. The second-order valence-electron chi connectivity index (χ2n) is 5.93. The Morgan fingerprint density at radius 2 is 2.07 bits per heavy atom. The van der Waals surface area contributed by atoms with E-state index < -0.39 is 0 Å². The van der Waals surface area contributed by atoms with Crippen LogP contribution in [0.5, 0.6) is 5.75 Å². The van der Waals surface area contributed by atoms with Crippen LogP contribution in [0, 0.1) is 10.9 Å². The predicted molar refractivity (Wildman–Crippen MR) is 119 cm³/mol. The topological polar surface area (TPSA) is 56.1 Å². The maximum atomic E-state index is 12.7. The molecule has 0 aliphatic rings. The Morgan fingerprint density at radius 3 is 2.75 bits per heavy atom. The molecule has 1 aromatic heterocycles. The molecule has 1 N–H and O–H groups in total. The number of thioether (sulfide) groups is 1. The highest BCUT2D eigenvalue weighted by molar-refractivity contribution is 8.02. The summed E-state index contributed by atoms with van der Waals surface area (Å²) in [5.41, 5.74) is 2.34. The molecule has 9 heteroatoms. The zero-order valence-electron chi connectivity index (χ0n) is 15.4. The summed E-state index contributed by atoms with van der Waals surface area (Å²) in [5, 5.41) is 7.66. The number of aryl methyl sites for hydroxylation is 1. The zero-order valence-corrected chi connectivity index (χ0v) is 18.6. The van der Waals surface area contributed by atoms with Crippen LogP contribution < -0.4 is 10.1 Å². The van der Waals surface area contributed by atoms with E-state index in [-0.39, 0.29) is 11.2 Å². The SMILES string of the molecule is COc1cc(Cl)c(C)cc1NC(=O)C(C)Sc1nn(-c2ccccc2)c(=S)s1. The molecule has 0 aliphatic carbocycles. The molecule has 0 fully saturated rings. The van der Waals surface area contributed by atoms with E-state index in [0.717, 1.165) is 15.6 Å². The number of halogens is 1. The lowest BCUT2D eigenvalue weighted by molar-refractivity contribution is -0.115. The minimum absolute atomic E-state index is 0.155. The Kier molecular flexibility index (Phi) is 6.77. The average Bonchev–Trinajstić information content (AvgIpc) is 3.05. The van der Waals surface area contributed by atoms with Crippen LogP contribution in [0.25, 0.3) is 5.69 Å². The quantitative estimate of drug-likeness (QED) is 0.381. The number of nitrogens with one attached hydrogen (secondary N) is 1. The van der Waals surface area contributed by atoms with Crippen LogP contribution in [-0.2, 0) is 4.79 Å². The van der Waals surface area contributed by atoms with Gasteiger partial charge in [-0.25, -0.2) is 4.68 Å². The van der Waals surface area contributed by atoms with E-state index in [9.17, 15) is 4.79 Å². The van der Waals surface area contributed by atoms with Crippen LogP contribution in [0.1, 0.15) is 12.5 Å². The number of hydrogen-bond donors (Lipinski definition) is 1. The number of ether oxygens (including phenoxy) is 1. The van der Waals surface area contributed by atoms with Gasteiger partial charge in [0, 0.05) is 11.1 Å². The number of amides is 1. The summed E-state index contributed by atoms with van der Waals surface area (Å²) < 4.78 is 8.39. The highest BCUT2D eigenvalue weighted by atomic mass is 35.5. The number of para-hydroxylation sites is 1. The van der Waals surface area contributed by atoms with E-state index in [1.165, 1.54) is 30.2 Å². The van der Waals surface area contributed by atoms with Crippen LogP contribution in [0.2, 0.25) is 5.02 Å². The van der Waals surface area contributed by atoms with Crippen molar-refractivity contribution in [3.8, 4) is 11.4 Å². The molecule has 0 bridgehead atoms. The van der Waals surface area contributed by atoms with E-state index in [4.69, 9.17) is 28.6 Å². The van der Waals surface area contributed by atoms with Gasteiger partial charge in [-0.05, 0) is 49.8 Å². The first-order valence-electron chi connectivity index (χ1n) is 8.36. The number of aromatic nitrogens is 2. The van der Waals surface area contributed by atoms with Crippen molar-refractivity contribution in [3.05, 3.63) is 57.0 Å². The van der Waals surface area contributed by atoms with Gasteiger partial charge in [-0.2, -0.15) is 0 Å². The number of rotatable bonds is 6. The molecule has 5 nitrogen and oxygen atoms in total. The molecule has 3 rings (SSSR count). The highest BCUT2D eigenvalue weighted by Gasteiger charge is 2.19. The van der Waals surface area contributed by atoms with E-state index in [1.54, 1.807) is 16.8 Å². The molecule has 0 saturated heterocycles. The number of benzene rings is 2. The number of methoxy groups -OCH3 is 1. The summed E-state index contributed by atoms with van der Waals surface area (Å²) >= 11 is 14.3. The van der Waals surface area contributed by atoms with Gasteiger partial charge in [-0.15, -0.1) is 5.10 Å². The minimum Gasteiger partial charge on any atom is -0.495 e. The number of anilines is 1. The monoisotopic (exact) mass is 451 g/mol. The first-order valence-corrected chi connectivity index (χ1v) is 10.8. The molecular weight excluding hydrogens is 434 g/mol. The first kappa shape index (κ1) is 20.9. The molecule has 0 radical (unpaired) electrons. The summed E-state index contributed by atoms with van der Waals surface area (Å²) in [6.07, 6.45) is 0. The number of carbonyl (C=O) groups is 1. The highest BCUT2D eigenvalue weighted by Crippen LogP contribution is 2.33. The van der Waals surface area contributed by atoms with Crippen molar-refractivity contribution in [1.82, 2.24) is 9.78 Å². The van der Waals surface area contributed by atoms with Crippen molar-refractivity contribution in [1.29, 1.82) is 0 Å². The lowest BCUT2D eigenvalue weighted by Gasteiger charge is -2.14. The Labute approximate surface area is 181 Å². The van der Waals surface area contributed by atoms with Gasteiger partial charge in [0.1, 0.15) is 5.75 Å². The van der Waals surface area contributed by atoms with Crippen molar-refractivity contribution in [2.45, 2.75) is 23.4 Å². The molecule has 1 heterocycles. The fourth-order valence-electron chi connectivity index (χ4n) is 2.41. The average molecular weight is 452 g/mol. The second kappa shape index (κ2) is 9.09. The number of carbonyl (C=O) groups excluding carboxylic acids is 1. The van der Waals surface area contributed by atoms with Gasteiger partial charge >= 0.3 is 0 Å². The van der Waals surface area contributed by atoms with Crippen LogP contribution in [0.15, 0.2) is 46.8 Å². The summed E-state index contributed by atoms with van der Waals surface area (Å²) in [7, 11) is 1.54. The van der Waals surface area contributed by atoms with Crippen molar-refractivity contribution in [2.75, 3.05) is 12.4 Å². The maximum absolute atomic E-state index is 12.7. The Balaban J connectivity index is 1.74. The van der Waals surface area contributed by atoms with Crippen LogP contribution in [-0.4, -0.2) is 28.0 Å². The Morgan fingerprint density at radius 1 is 1.36 bits per heavy atom. The van der Waals surface area contributed by atoms with Gasteiger partial charge in [0.15, 0.2) is 8.29 Å². The minimum atomic E-state index is -0.370. The van der Waals surface area contributed by atoms with E-state index in [2.05, 4.69) is 10.4 Å². The standard InChI is InChI=1S/C19H18ClN3O2S3/c1-11-9-15(16(25-3)10-14(11)20)21-17(24)12(2)27-18-22-23(19(26)28-18)13-7-5-4-6-8-13/h4-10,12H,1-3H3,(H,21,24). The van der Waals surface area contributed by atoms with Crippen molar-refractivity contribution in [2.24, 2.45) is 0 Å². The summed E-state index contributed by atoms with van der Waals surface area (Å²) in [5.74, 6) is 0.363. The lowest BCUT2D eigenvalue weighted by atomic mass is 10.2. The van der Waals surface area contributed by atoms with Crippen LogP contribution in [0.4, 0.5) is 5.69 Å². The third-order valence-corrected chi connectivity index (χ3v) is 6.74. The molecule has 3 aromatic rings. The lowest BCUT2D eigenvalue weighted by Crippen LogP contribution is -2.22. The zero-order chi connectivity index (χ0) is 20.3. The predicted octanol–water partition coefficient (Wildman–Crippen LogP) is 5.75. The fraction of sp³-hybridized carbons (Fsp3) is 0.211. The molecule has 0 saturated carbocycles. The van der Waals surface area contributed by atoms with Crippen LogP contribution >= 0.6 is 46.9 Å². The van der Waals surface area contributed by atoms with E-state index in [0.29, 0.717) is 20.4 Å². The van der Waals surface area contributed by atoms with Gasteiger partial charge in [-0.3, -0.25) is 4.79 Å². The number of hydrogen-bond acceptors (Lipinski definition) is 6. The van der Waals surface area contributed by atoms with Gasteiger partial charge in [0.05, 0.1) is 23.7 Å². The van der Waals surface area contributed by atoms with E-state index in [1.807, 2.05) is 44.2 Å². The molecule has 28 heavy (non-hydrogen) atoms. The van der Waals surface area contributed by atoms with Crippen LogP contribution in [0.3, 0.4) is 0 Å². The molecule has 146 valence electrons. The van der Waals surface area contributed by atoms with Crippen molar-refractivity contribution in [3.63, 3.8) is 0 Å².